The summed E-state index contributed by atoms with van der Waals surface area (Å²) in [4.78, 5) is 1.65. The Balaban J connectivity index is 2.63. The lowest BCUT2D eigenvalue weighted by molar-refractivity contribution is 0.435. The molecule has 17 heavy (non-hydrogen) atoms. The van der Waals surface area contributed by atoms with Gasteiger partial charge in [0.2, 0.25) is 0 Å². The second-order valence-corrected chi connectivity index (χ2v) is 3.79. The maximum absolute atomic E-state index is 13.2. The summed E-state index contributed by atoms with van der Waals surface area (Å²) in [5.74, 6) is -1.37. The highest BCUT2D eigenvalue weighted by molar-refractivity contribution is 5.76. The number of nitrogens with zero attached hydrogens (tertiary/aromatic N) is 2. The number of rotatable bonds is 2. The largest absolute Gasteiger partial charge is 0.381 e. The van der Waals surface area contributed by atoms with Gasteiger partial charge >= 0.3 is 0 Å². The minimum absolute atomic E-state index is 0.189. The first-order valence-electron chi connectivity index (χ1n) is 4.88. The lowest BCUT2D eigenvalue weighted by Crippen LogP contribution is -2.10. The van der Waals surface area contributed by atoms with E-state index in [0.29, 0.717) is 17.0 Å². The lowest BCUT2D eigenvalue weighted by Gasteiger charge is -2.16. The zero-order valence-corrected chi connectivity index (χ0v) is 9.37. The van der Waals surface area contributed by atoms with Crippen LogP contribution in [0.15, 0.2) is 22.7 Å². The molecule has 0 amide bonds. The average molecular weight is 239 g/mol. The first kappa shape index (κ1) is 11.4. The molecule has 0 spiro atoms. The zero-order chi connectivity index (χ0) is 12.6. The molecule has 90 valence electrons. The Kier molecular flexibility index (Phi) is 2.71. The van der Waals surface area contributed by atoms with Crippen LogP contribution in [0.25, 0.3) is 11.3 Å². The van der Waals surface area contributed by atoms with Gasteiger partial charge in [0.05, 0.1) is 5.69 Å². The Morgan fingerprint density at radius 3 is 2.35 bits per heavy atom. The molecule has 2 aromatic rings. The number of hydrogen-bond donors (Lipinski definition) is 1. The number of hydrogen-bond acceptors (Lipinski definition) is 4. The summed E-state index contributed by atoms with van der Waals surface area (Å²) < 4.78 is 31.3. The molecule has 1 aromatic carbocycles. The van der Waals surface area contributed by atoms with Gasteiger partial charge in [-0.05, 0) is 6.07 Å². The van der Waals surface area contributed by atoms with Crippen molar-refractivity contribution in [2.75, 3.05) is 24.7 Å². The summed E-state index contributed by atoms with van der Waals surface area (Å²) in [6, 6.07) is 3.62. The molecule has 0 aliphatic carbocycles. The van der Waals surface area contributed by atoms with Crippen molar-refractivity contribution in [3.63, 3.8) is 0 Å². The van der Waals surface area contributed by atoms with Gasteiger partial charge in [-0.25, -0.2) is 8.78 Å². The van der Waals surface area contributed by atoms with Crippen molar-refractivity contribution in [2.45, 2.75) is 0 Å². The predicted molar refractivity (Wildman–Crippen MR) is 60.6 cm³/mol. The molecule has 0 aliphatic heterocycles. The smallest absolute Gasteiger partial charge is 0.171 e. The van der Waals surface area contributed by atoms with Crippen LogP contribution in [0.3, 0.4) is 0 Å². The van der Waals surface area contributed by atoms with Crippen LogP contribution in [0.1, 0.15) is 0 Å². The Morgan fingerprint density at radius 2 is 1.82 bits per heavy atom. The fourth-order valence-corrected chi connectivity index (χ4v) is 1.52. The third kappa shape index (κ3) is 2.06. The molecule has 0 saturated carbocycles. The molecule has 2 N–H and O–H groups in total. The third-order valence-corrected chi connectivity index (χ3v) is 2.31. The van der Waals surface area contributed by atoms with Gasteiger partial charge in [-0.3, -0.25) is 0 Å². The molecule has 4 nitrogen and oxygen atoms in total. The van der Waals surface area contributed by atoms with Gasteiger partial charge < -0.3 is 15.2 Å². The molecule has 0 atom stereocenters. The number of halogens is 2. The van der Waals surface area contributed by atoms with Crippen LogP contribution in [-0.4, -0.2) is 19.3 Å². The quantitative estimate of drug-likeness (QED) is 0.873. The molecule has 1 aromatic heterocycles. The van der Waals surface area contributed by atoms with Crippen LogP contribution in [0.2, 0.25) is 0 Å². The van der Waals surface area contributed by atoms with Crippen molar-refractivity contribution >= 4 is 11.5 Å². The molecular formula is C11H11F2N3O. The van der Waals surface area contributed by atoms with Crippen LogP contribution in [0, 0.1) is 11.6 Å². The maximum Gasteiger partial charge on any atom is 0.171 e. The van der Waals surface area contributed by atoms with Crippen LogP contribution in [0.4, 0.5) is 20.3 Å². The van der Waals surface area contributed by atoms with E-state index in [4.69, 9.17) is 10.3 Å². The van der Waals surface area contributed by atoms with Crippen LogP contribution >= 0.6 is 0 Å². The van der Waals surface area contributed by atoms with E-state index in [0.717, 1.165) is 12.1 Å². The predicted octanol–water partition coefficient (Wildman–Crippen LogP) is 2.27. The maximum atomic E-state index is 13.2. The van der Waals surface area contributed by atoms with Crippen molar-refractivity contribution in [1.82, 2.24) is 5.16 Å². The molecule has 0 radical (unpaired) electrons. The second-order valence-electron chi connectivity index (χ2n) is 3.79. The molecule has 1 heterocycles. The molecule has 0 saturated heterocycles. The van der Waals surface area contributed by atoms with Crippen LogP contribution in [-0.2, 0) is 0 Å². The van der Waals surface area contributed by atoms with Crippen molar-refractivity contribution in [3.8, 4) is 11.3 Å². The van der Waals surface area contributed by atoms with E-state index in [9.17, 15) is 8.78 Å². The number of aromatic nitrogens is 1. The normalized spacial score (nSPS) is 10.6. The number of nitrogen functional groups attached to an aromatic ring is 1. The van der Waals surface area contributed by atoms with E-state index in [-0.39, 0.29) is 5.82 Å². The van der Waals surface area contributed by atoms with Crippen molar-refractivity contribution in [3.05, 3.63) is 29.8 Å². The summed E-state index contributed by atoms with van der Waals surface area (Å²) in [6.07, 6.45) is 0. The van der Waals surface area contributed by atoms with Crippen LogP contribution < -0.4 is 10.6 Å². The summed E-state index contributed by atoms with van der Waals surface area (Å²) in [7, 11) is 3.44. The van der Waals surface area contributed by atoms with Crippen molar-refractivity contribution < 1.29 is 13.3 Å². The molecule has 6 heteroatoms. The van der Waals surface area contributed by atoms with Gasteiger partial charge in [0.15, 0.2) is 23.2 Å². The fraction of sp³-hybridized carbons (Fsp3) is 0.182. The Morgan fingerprint density at radius 1 is 1.18 bits per heavy atom. The summed E-state index contributed by atoms with van der Waals surface area (Å²) in [5, 5.41) is 3.51. The van der Waals surface area contributed by atoms with Crippen molar-refractivity contribution in [2.24, 2.45) is 0 Å². The molecule has 0 unspecified atom stereocenters. The van der Waals surface area contributed by atoms with E-state index >= 15 is 0 Å². The molecule has 0 aliphatic rings. The van der Waals surface area contributed by atoms with E-state index in [1.54, 1.807) is 19.0 Å². The van der Waals surface area contributed by atoms with E-state index in [1.807, 2.05) is 0 Å². The first-order valence-corrected chi connectivity index (χ1v) is 4.88. The molecule has 2 rings (SSSR count). The summed E-state index contributed by atoms with van der Waals surface area (Å²) in [5.41, 5.74) is 6.31. The minimum atomic E-state index is -0.944. The zero-order valence-electron chi connectivity index (χ0n) is 9.37. The monoisotopic (exact) mass is 239 g/mol. The Hall–Kier alpha value is -2.11. The highest BCUT2D eigenvalue weighted by atomic mass is 19.2. The van der Waals surface area contributed by atoms with Crippen LogP contribution in [0.5, 0.6) is 0 Å². The number of anilines is 2. The standard InChI is InChI=1S/C11H11F2N3O/c1-16(2)9-4-8(13)7(12)3-6(9)10-5-11(14)15-17-10/h3-5H,1-2H3,(H2,14,15). The first-order chi connectivity index (χ1) is 7.99. The Labute approximate surface area is 96.6 Å². The molecule has 0 fully saturated rings. The summed E-state index contributed by atoms with van der Waals surface area (Å²) >= 11 is 0. The summed E-state index contributed by atoms with van der Waals surface area (Å²) in [6.45, 7) is 0. The van der Waals surface area contributed by atoms with Gasteiger partial charge in [-0.1, -0.05) is 5.16 Å². The molecular weight excluding hydrogens is 228 g/mol. The number of nitrogens with two attached hydrogens (primary N) is 1. The topological polar surface area (TPSA) is 55.3 Å². The highest BCUT2D eigenvalue weighted by Gasteiger charge is 2.16. The third-order valence-electron chi connectivity index (χ3n) is 2.31. The minimum Gasteiger partial charge on any atom is -0.381 e. The van der Waals surface area contributed by atoms with Gasteiger partial charge in [0.1, 0.15) is 0 Å². The second kappa shape index (κ2) is 4.04. The van der Waals surface area contributed by atoms with Gasteiger partial charge in [0, 0.05) is 31.8 Å². The highest BCUT2D eigenvalue weighted by Crippen LogP contribution is 2.32. The van der Waals surface area contributed by atoms with E-state index < -0.39 is 11.6 Å². The number of benzene rings is 1. The fourth-order valence-electron chi connectivity index (χ4n) is 1.52. The molecule has 0 bridgehead atoms. The lowest BCUT2D eigenvalue weighted by atomic mass is 10.1. The van der Waals surface area contributed by atoms with Gasteiger partial charge in [0.25, 0.3) is 0 Å². The van der Waals surface area contributed by atoms with E-state index in [1.165, 1.54) is 6.07 Å². The van der Waals surface area contributed by atoms with E-state index in [2.05, 4.69) is 5.16 Å². The SMILES string of the molecule is CN(C)c1cc(F)c(F)cc1-c1cc(N)no1. The Bertz CT molecular complexity index is 552. The van der Waals surface area contributed by atoms with Crippen molar-refractivity contribution in [1.29, 1.82) is 0 Å². The van der Waals surface area contributed by atoms with Gasteiger partial charge in [-0.15, -0.1) is 0 Å². The average Bonchev–Trinajstić information content (AvgIpc) is 2.68. The van der Waals surface area contributed by atoms with Gasteiger partial charge in [-0.2, -0.15) is 0 Å².